The summed E-state index contributed by atoms with van der Waals surface area (Å²) in [5.41, 5.74) is 2.04. The Bertz CT molecular complexity index is 849. The number of benzene rings is 2. The predicted molar refractivity (Wildman–Crippen MR) is 102 cm³/mol. The number of ether oxygens (including phenoxy) is 1. The molecule has 1 saturated heterocycles. The third-order valence-corrected chi connectivity index (χ3v) is 4.73. The minimum atomic E-state index is -0.405. The van der Waals surface area contributed by atoms with E-state index in [1.807, 2.05) is 0 Å². The molecule has 2 aromatic rings. The van der Waals surface area contributed by atoms with Gasteiger partial charge in [-0.3, -0.25) is 9.59 Å². The molecule has 140 valence electrons. The largest absolute Gasteiger partial charge is 0.465 e. The van der Waals surface area contributed by atoms with Crippen molar-refractivity contribution in [2.45, 2.75) is 13.0 Å². The predicted octanol–water partition coefficient (Wildman–Crippen LogP) is 2.80. The van der Waals surface area contributed by atoms with E-state index in [1.165, 1.54) is 7.11 Å². The molecule has 0 aliphatic carbocycles. The van der Waals surface area contributed by atoms with Crippen LogP contribution in [0.15, 0.2) is 48.5 Å². The van der Waals surface area contributed by atoms with Crippen molar-refractivity contribution in [3.05, 3.63) is 64.7 Å². The number of hydrogen-bond donors (Lipinski definition) is 1. The Morgan fingerprint density at radius 2 is 1.81 bits per heavy atom. The summed E-state index contributed by atoms with van der Waals surface area (Å²) in [6.45, 7) is 0.666. The number of nitrogens with zero attached hydrogens (tertiary/aromatic N) is 1. The highest BCUT2D eigenvalue weighted by Crippen LogP contribution is 2.26. The van der Waals surface area contributed by atoms with Gasteiger partial charge in [0.05, 0.1) is 18.6 Å². The summed E-state index contributed by atoms with van der Waals surface area (Å²) in [5.74, 6) is -1.06. The van der Waals surface area contributed by atoms with E-state index in [0.29, 0.717) is 23.7 Å². The van der Waals surface area contributed by atoms with Crippen molar-refractivity contribution in [3.8, 4) is 0 Å². The van der Waals surface area contributed by atoms with Gasteiger partial charge in [0.1, 0.15) is 0 Å². The first-order valence-electron chi connectivity index (χ1n) is 8.49. The van der Waals surface area contributed by atoms with Crippen LogP contribution in [-0.2, 0) is 20.9 Å². The van der Waals surface area contributed by atoms with Gasteiger partial charge in [0.2, 0.25) is 11.8 Å². The van der Waals surface area contributed by atoms with Crippen LogP contribution < -0.4 is 10.2 Å². The molecular formula is C20H19ClN2O4. The normalized spacial score (nSPS) is 16.3. The van der Waals surface area contributed by atoms with Crippen molar-refractivity contribution in [2.75, 3.05) is 18.6 Å². The van der Waals surface area contributed by atoms with Crippen molar-refractivity contribution >= 4 is 35.1 Å². The Balaban J connectivity index is 1.56. The molecule has 1 aliphatic heterocycles. The number of anilines is 1. The van der Waals surface area contributed by atoms with Gasteiger partial charge in [0, 0.05) is 30.2 Å². The summed E-state index contributed by atoms with van der Waals surface area (Å²) in [5, 5.41) is 3.45. The van der Waals surface area contributed by atoms with Gasteiger partial charge in [-0.1, -0.05) is 23.7 Å². The molecule has 0 bridgehead atoms. The smallest absolute Gasteiger partial charge is 0.337 e. The average Bonchev–Trinajstić information content (AvgIpc) is 3.08. The van der Waals surface area contributed by atoms with E-state index in [-0.39, 0.29) is 18.2 Å². The van der Waals surface area contributed by atoms with E-state index in [0.717, 1.165) is 11.3 Å². The van der Waals surface area contributed by atoms with Gasteiger partial charge >= 0.3 is 5.97 Å². The zero-order valence-electron chi connectivity index (χ0n) is 14.8. The maximum Gasteiger partial charge on any atom is 0.337 e. The number of carbonyl (C=O) groups is 3. The first-order chi connectivity index (χ1) is 13.0. The number of nitrogens with one attached hydrogen (secondary N) is 1. The zero-order chi connectivity index (χ0) is 19.4. The first kappa shape index (κ1) is 18.9. The summed E-state index contributed by atoms with van der Waals surface area (Å²) >= 11 is 5.88. The number of halogens is 1. The standard InChI is InChI=1S/C20H19ClN2O4/c1-27-20(26)14-4-2-13(3-5-14)11-22-19(25)15-10-18(24)23(12-15)17-8-6-16(21)7-9-17/h2-9,15H,10-12H2,1H3,(H,22,25). The molecule has 1 heterocycles. The number of carbonyl (C=O) groups excluding carboxylic acids is 3. The maximum atomic E-state index is 12.4. The van der Waals surface area contributed by atoms with Crippen molar-refractivity contribution in [1.82, 2.24) is 5.32 Å². The molecular weight excluding hydrogens is 368 g/mol. The molecule has 0 saturated carbocycles. The molecule has 0 spiro atoms. The Kier molecular flexibility index (Phi) is 5.76. The van der Waals surface area contributed by atoms with Crippen molar-refractivity contribution in [1.29, 1.82) is 0 Å². The van der Waals surface area contributed by atoms with E-state index < -0.39 is 11.9 Å². The summed E-state index contributed by atoms with van der Waals surface area (Å²) in [6, 6.07) is 13.8. The Hall–Kier alpha value is -2.86. The van der Waals surface area contributed by atoms with Gasteiger partial charge in [-0.25, -0.2) is 4.79 Å². The van der Waals surface area contributed by atoms with E-state index in [9.17, 15) is 14.4 Å². The lowest BCUT2D eigenvalue weighted by molar-refractivity contribution is -0.126. The minimum Gasteiger partial charge on any atom is -0.465 e. The molecule has 3 rings (SSSR count). The molecule has 0 radical (unpaired) electrons. The lowest BCUT2D eigenvalue weighted by atomic mass is 10.1. The topological polar surface area (TPSA) is 75.7 Å². The van der Waals surface area contributed by atoms with E-state index in [4.69, 9.17) is 11.6 Å². The quantitative estimate of drug-likeness (QED) is 0.802. The molecule has 27 heavy (non-hydrogen) atoms. The van der Waals surface area contributed by atoms with Crippen LogP contribution in [0.3, 0.4) is 0 Å². The Morgan fingerprint density at radius 3 is 2.44 bits per heavy atom. The molecule has 1 aliphatic rings. The van der Waals surface area contributed by atoms with Crippen molar-refractivity contribution in [2.24, 2.45) is 5.92 Å². The monoisotopic (exact) mass is 386 g/mol. The first-order valence-corrected chi connectivity index (χ1v) is 8.86. The summed E-state index contributed by atoms with van der Waals surface area (Å²) in [4.78, 5) is 37.7. The fraction of sp³-hybridized carbons (Fsp3) is 0.250. The highest BCUT2D eigenvalue weighted by Gasteiger charge is 2.34. The molecule has 1 atom stereocenters. The maximum absolute atomic E-state index is 12.4. The van der Waals surface area contributed by atoms with Crippen LogP contribution in [0, 0.1) is 5.92 Å². The highest BCUT2D eigenvalue weighted by molar-refractivity contribution is 6.30. The van der Waals surface area contributed by atoms with Crippen LogP contribution in [0.5, 0.6) is 0 Å². The van der Waals surface area contributed by atoms with Crippen LogP contribution in [0.1, 0.15) is 22.3 Å². The molecule has 1 unspecified atom stereocenters. The zero-order valence-corrected chi connectivity index (χ0v) is 15.5. The summed E-state index contributed by atoms with van der Waals surface area (Å²) < 4.78 is 4.65. The van der Waals surface area contributed by atoms with Gasteiger partial charge in [-0.05, 0) is 42.0 Å². The Labute approximate surface area is 162 Å². The second kappa shape index (κ2) is 8.22. The third kappa shape index (κ3) is 4.46. The van der Waals surface area contributed by atoms with Gasteiger partial charge < -0.3 is 15.0 Å². The fourth-order valence-electron chi connectivity index (χ4n) is 2.96. The van der Waals surface area contributed by atoms with Gasteiger partial charge in [0.25, 0.3) is 0 Å². The number of methoxy groups -OCH3 is 1. The van der Waals surface area contributed by atoms with E-state index in [1.54, 1.807) is 53.4 Å². The fourth-order valence-corrected chi connectivity index (χ4v) is 3.09. The van der Waals surface area contributed by atoms with Crippen LogP contribution in [0.2, 0.25) is 5.02 Å². The van der Waals surface area contributed by atoms with E-state index >= 15 is 0 Å². The SMILES string of the molecule is COC(=O)c1ccc(CNC(=O)C2CC(=O)N(c3ccc(Cl)cc3)C2)cc1. The van der Waals surface area contributed by atoms with Crippen molar-refractivity contribution < 1.29 is 19.1 Å². The van der Waals surface area contributed by atoms with Crippen LogP contribution >= 0.6 is 11.6 Å². The second-order valence-corrected chi connectivity index (χ2v) is 6.72. The van der Waals surface area contributed by atoms with Crippen molar-refractivity contribution in [3.63, 3.8) is 0 Å². The molecule has 6 nitrogen and oxygen atoms in total. The Morgan fingerprint density at radius 1 is 1.15 bits per heavy atom. The number of rotatable bonds is 5. The molecule has 7 heteroatoms. The molecule has 0 aromatic heterocycles. The minimum absolute atomic E-state index is 0.0834. The second-order valence-electron chi connectivity index (χ2n) is 6.29. The third-order valence-electron chi connectivity index (χ3n) is 4.48. The molecule has 1 N–H and O–H groups in total. The highest BCUT2D eigenvalue weighted by atomic mass is 35.5. The average molecular weight is 387 g/mol. The number of hydrogen-bond acceptors (Lipinski definition) is 4. The van der Waals surface area contributed by atoms with Crippen LogP contribution in [0.4, 0.5) is 5.69 Å². The van der Waals surface area contributed by atoms with Gasteiger partial charge in [-0.2, -0.15) is 0 Å². The van der Waals surface area contributed by atoms with Crippen LogP contribution in [0.25, 0.3) is 0 Å². The van der Waals surface area contributed by atoms with Gasteiger partial charge in [0.15, 0.2) is 0 Å². The lowest BCUT2D eigenvalue weighted by Crippen LogP contribution is -2.32. The van der Waals surface area contributed by atoms with Gasteiger partial charge in [-0.15, -0.1) is 0 Å². The summed E-state index contributed by atoms with van der Waals surface area (Å²) in [7, 11) is 1.33. The molecule has 2 aromatic carbocycles. The molecule has 1 fully saturated rings. The number of esters is 1. The van der Waals surface area contributed by atoms with E-state index in [2.05, 4.69) is 10.1 Å². The molecule has 2 amide bonds. The lowest BCUT2D eigenvalue weighted by Gasteiger charge is -2.16. The summed E-state index contributed by atoms with van der Waals surface area (Å²) in [6.07, 6.45) is 0.176. The number of amides is 2. The van der Waals surface area contributed by atoms with Crippen LogP contribution in [-0.4, -0.2) is 31.4 Å².